The van der Waals surface area contributed by atoms with Gasteiger partial charge in [0.1, 0.15) is 0 Å². The highest BCUT2D eigenvalue weighted by Crippen LogP contribution is 2.35. The Labute approximate surface area is 219 Å². The van der Waals surface area contributed by atoms with Crippen LogP contribution in [0.2, 0.25) is 0 Å². The largest absolute Gasteiger partial charge is 0.381 e. The Hall–Kier alpha value is -3.51. The molecule has 3 aromatic heterocycles. The van der Waals surface area contributed by atoms with Crippen molar-refractivity contribution >= 4 is 22.6 Å². The van der Waals surface area contributed by atoms with Crippen LogP contribution in [0.1, 0.15) is 54.3 Å². The fourth-order valence-electron chi connectivity index (χ4n) is 5.80. The Balaban J connectivity index is 0.00000294. The molecule has 0 bridgehead atoms. The number of piperidine rings is 1. The molecule has 2 aliphatic heterocycles. The molecule has 0 aromatic carbocycles. The maximum Gasteiger partial charge on any atom is 0.169 e. The number of carbonyl (C=O) groups is 1. The molecule has 7 heteroatoms. The van der Waals surface area contributed by atoms with Crippen LogP contribution in [0.25, 0.3) is 11.1 Å². The van der Waals surface area contributed by atoms with Crippen molar-refractivity contribution in [3.05, 3.63) is 83.3 Å². The molecule has 5 heterocycles. The summed E-state index contributed by atoms with van der Waals surface area (Å²) in [6.45, 7) is 7.42. The standard InChI is InChI=1S/C30H33N5O2.H2/c1-3-27(20-6-11-34(2)12-7-20)33-23-17-25-24(4-5-28(25)31-18-23)22-8-13-35-29(16-22)26(19-32-35)30(36)21-9-14-37-15-10-21;/h4,8,13,16-21,33H,1,5-7,9-12,14-15H2,2H3;1H. The minimum absolute atomic E-state index is 0. The average molecular weight is 498 g/mol. The zero-order valence-corrected chi connectivity index (χ0v) is 21.4. The Kier molecular flexibility index (Phi) is 6.51. The highest BCUT2D eigenvalue weighted by Gasteiger charge is 2.26. The van der Waals surface area contributed by atoms with Gasteiger partial charge in [0.2, 0.25) is 0 Å². The number of Topliss-reactive ketones (excluding diaryl/α,β-unsaturated/α-hetero) is 1. The molecule has 0 saturated carbocycles. The summed E-state index contributed by atoms with van der Waals surface area (Å²) >= 11 is 0. The summed E-state index contributed by atoms with van der Waals surface area (Å²) in [5.41, 5.74) is 11.1. The highest BCUT2D eigenvalue weighted by molar-refractivity contribution is 6.04. The van der Waals surface area contributed by atoms with Gasteiger partial charge in [-0.15, -0.1) is 5.73 Å². The summed E-state index contributed by atoms with van der Waals surface area (Å²) in [5, 5.41) is 8.02. The van der Waals surface area contributed by atoms with Crippen LogP contribution in [0, 0.1) is 11.8 Å². The second-order valence-electron chi connectivity index (χ2n) is 10.4. The first-order valence-electron chi connectivity index (χ1n) is 13.3. The number of hydrogen-bond donors (Lipinski definition) is 1. The molecule has 192 valence electrons. The van der Waals surface area contributed by atoms with Gasteiger partial charge in [0, 0.05) is 44.7 Å². The fourth-order valence-corrected chi connectivity index (χ4v) is 5.80. The molecular weight excluding hydrogens is 462 g/mol. The lowest BCUT2D eigenvalue weighted by atomic mass is 9.91. The molecule has 37 heavy (non-hydrogen) atoms. The highest BCUT2D eigenvalue weighted by atomic mass is 16.5. The molecule has 2 saturated heterocycles. The molecule has 0 amide bonds. The number of likely N-dealkylation sites (tertiary alicyclic amines) is 1. The number of pyridine rings is 2. The number of nitrogens with zero attached hydrogens (tertiary/aromatic N) is 4. The van der Waals surface area contributed by atoms with Crippen molar-refractivity contribution < 1.29 is 11.0 Å². The quantitative estimate of drug-likeness (QED) is 0.382. The number of hydrogen-bond acceptors (Lipinski definition) is 6. The van der Waals surface area contributed by atoms with Crippen molar-refractivity contribution in [1.29, 1.82) is 0 Å². The van der Waals surface area contributed by atoms with E-state index in [0.29, 0.717) is 24.7 Å². The second kappa shape index (κ2) is 10.1. The van der Waals surface area contributed by atoms with Gasteiger partial charge in [0.15, 0.2) is 5.78 Å². The minimum atomic E-state index is 0. The lowest BCUT2D eigenvalue weighted by Crippen LogP contribution is -2.32. The maximum absolute atomic E-state index is 13.3. The van der Waals surface area contributed by atoms with E-state index in [1.54, 1.807) is 10.7 Å². The van der Waals surface area contributed by atoms with E-state index in [4.69, 9.17) is 9.72 Å². The number of ketones is 1. The lowest BCUT2D eigenvalue weighted by Gasteiger charge is -2.30. The third kappa shape index (κ3) is 4.66. The van der Waals surface area contributed by atoms with Crippen molar-refractivity contribution in [3.63, 3.8) is 0 Å². The fraction of sp³-hybridized carbons (Fsp3) is 0.400. The number of ether oxygens (including phenoxy) is 1. The summed E-state index contributed by atoms with van der Waals surface area (Å²) in [5.74, 6) is 0.612. The number of carbonyl (C=O) groups excluding carboxylic acids is 1. The van der Waals surface area contributed by atoms with Gasteiger partial charge in [-0.25, -0.2) is 4.52 Å². The van der Waals surface area contributed by atoms with Crippen LogP contribution in [0.15, 0.2) is 60.9 Å². The predicted octanol–water partition coefficient (Wildman–Crippen LogP) is 4.99. The molecule has 6 rings (SSSR count). The van der Waals surface area contributed by atoms with Crippen LogP contribution in [-0.2, 0) is 11.2 Å². The third-order valence-electron chi connectivity index (χ3n) is 8.05. The molecule has 1 N–H and O–H groups in total. The number of rotatable bonds is 6. The monoisotopic (exact) mass is 497 g/mol. The number of nitrogens with one attached hydrogen (secondary N) is 1. The van der Waals surface area contributed by atoms with Gasteiger partial charge in [0.05, 0.1) is 40.6 Å². The summed E-state index contributed by atoms with van der Waals surface area (Å²) < 4.78 is 7.25. The Morgan fingerprint density at radius 1 is 1.16 bits per heavy atom. The molecule has 7 nitrogen and oxygen atoms in total. The lowest BCUT2D eigenvalue weighted by molar-refractivity contribution is 0.0546. The Morgan fingerprint density at radius 2 is 1.97 bits per heavy atom. The van der Waals surface area contributed by atoms with E-state index in [1.165, 1.54) is 0 Å². The van der Waals surface area contributed by atoms with Gasteiger partial charge in [-0.2, -0.15) is 5.10 Å². The normalized spacial score (nSPS) is 18.9. The van der Waals surface area contributed by atoms with Gasteiger partial charge >= 0.3 is 0 Å². The first-order chi connectivity index (χ1) is 18.1. The van der Waals surface area contributed by atoms with Gasteiger partial charge in [-0.05, 0) is 75.2 Å². The summed E-state index contributed by atoms with van der Waals surface area (Å²) in [7, 11) is 2.17. The molecule has 0 spiro atoms. The summed E-state index contributed by atoms with van der Waals surface area (Å²) in [6, 6.07) is 6.34. The first kappa shape index (κ1) is 23.9. The molecule has 3 aromatic rings. The topological polar surface area (TPSA) is 71.8 Å². The number of allylic oxidation sites excluding steroid dienone is 2. The van der Waals surface area contributed by atoms with Crippen LogP contribution in [0.3, 0.4) is 0 Å². The van der Waals surface area contributed by atoms with Gasteiger partial charge in [0.25, 0.3) is 0 Å². The van der Waals surface area contributed by atoms with E-state index in [1.807, 2.05) is 12.4 Å². The van der Waals surface area contributed by atoms with E-state index in [-0.39, 0.29) is 13.1 Å². The summed E-state index contributed by atoms with van der Waals surface area (Å²) in [4.78, 5) is 20.4. The van der Waals surface area contributed by atoms with Crippen LogP contribution in [-0.4, -0.2) is 58.6 Å². The van der Waals surface area contributed by atoms with Gasteiger partial charge in [-0.1, -0.05) is 12.7 Å². The van der Waals surface area contributed by atoms with Crippen LogP contribution in [0.4, 0.5) is 5.69 Å². The Morgan fingerprint density at radius 3 is 2.76 bits per heavy atom. The van der Waals surface area contributed by atoms with E-state index >= 15 is 0 Å². The van der Waals surface area contributed by atoms with E-state index in [2.05, 4.69) is 58.9 Å². The molecular formula is C30H35N5O2. The van der Waals surface area contributed by atoms with Crippen LogP contribution in [0.5, 0.6) is 0 Å². The molecule has 2 fully saturated rings. The summed E-state index contributed by atoms with van der Waals surface area (Å²) in [6.07, 6.45) is 12.3. The zero-order valence-electron chi connectivity index (χ0n) is 21.4. The zero-order chi connectivity index (χ0) is 25.4. The van der Waals surface area contributed by atoms with Crippen molar-refractivity contribution in [2.24, 2.45) is 11.8 Å². The van der Waals surface area contributed by atoms with Crippen LogP contribution < -0.4 is 5.32 Å². The van der Waals surface area contributed by atoms with E-state index in [0.717, 1.165) is 84.5 Å². The SMILES string of the molecule is C=C=C(Nc1cnc2c(c1)C(c1ccn3ncc(C(=O)C4CCOCC4)c3c1)=CC2)C1CCN(C)CC1.[HH]. The third-order valence-corrected chi connectivity index (χ3v) is 8.05. The van der Waals surface area contributed by atoms with E-state index < -0.39 is 0 Å². The van der Waals surface area contributed by atoms with Gasteiger partial charge in [-0.3, -0.25) is 9.78 Å². The second-order valence-corrected chi connectivity index (χ2v) is 10.4. The molecule has 1 aliphatic carbocycles. The molecule has 0 atom stereocenters. The van der Waals surface area contributed by atoms with E-state index in [9.17, 15) is 4.79 Å². The average Bonchev–Trinajstić information content (AvgIpc) is 3.56. The van der Waals surface area contributed by atoms with Gasteiger partial charge < -0.3 is 15.0 Å². The van der Waals surface area contributed by atoms with Crippen molar-refractivity contribution in [2.75, 3.05) is 38.7 Å². The smallest absolute Gasteiger partial charge is 0.169 e. The van der Waals surface area contributed by atoms with Crippen molar-refractivity contribution in [2.45, 2.75) is 32.1 Å². The van der Waals surface area contributed by atoms with Crippen molar-refractivity contribution in [3.8, 4) is 0 Å². The molecule has 3 aliphatic rings. The van der Waals surface area contributed by atoms with Crippen LogP contribution >= 0.6 is 0 Å². The molecule has 0 radical (unpaired) electrons. The minimum Gasteiger partial charge on any atom is -0.381 e. The number of fused-ring (bicyclic) bond motifs is 2. The first-order valence-corrected chi connectivity index (χ1v) is 13.3. The van der Waals surface area contributed by atoms with Crippen molar-refractivity contribution in [1.82, 2.24) is 19.5 Å². The number of aromatic nitrogens is 3. The maximum atomic E-state index is 13.3. The number of anilines is 1. The predicted molar refractivity (Wildman–Crippen MR) is 147 cm³/mol. The Bertz CT molecular complexity index is 1420. The molecule has 0 unspecified atom stereocenters.